The number of carbonyl (C=O) groups is 1. The molecule has 0 bridgehead atoms. The Balaban J connectivity index is 2.06. The standard InChI is InChI=1S/C16H16N4O2/c17-15(22)12-8-19-16-11(6-7-18-16)14(12)20-13(9-21)10-4-2-1-3-5-10/h1-8,13,21H,9H2,(H2,17,22)(H2,18,19,20)/t13-/m0/s1. The Kier molecular flexibility index (Phi) is 3.76. The Morgan fingerprint density at radius 2 is 2.09 bits per heavy atom. The molecule has 1 amide bonds. The van der Waals surface area contributed by atoms with E-state index in [0.717, 1.165) is 10.9 Å². The molecule has 22 heavy (non-hydrogen) atoms. The van der Waals surface area contributed by atoms with Crippen LogP contribution in [-0.4, -0.2) is 27.6 Å². The molecule has 0 saturated heterocycles. The number of aromatic nitrogens is 2. The van der Waals surface area contributed by atoms with Gasteiger partial charge in [-0.2, -0.15) is 0 Å². The first-order valence-corrected chi connectivity index (χ1v) is 6.89. The van der Waals surface area contributed by atoms with Crippen LogP contribution >= 0.6 is 0 Å². The van der Waals surface area contributed by atoms with Crippen LogP contribution in [0.1, 0.15) is 22.0 Å². The van der Waals surface area contributed by atoms with Crippen LogP contribution in [0, 0.1) is 0 Å². The van der Waals surface area contributed by atoms with Gasteiger partial charge in [0.05, 0.1) is 23.9 Å². The Morgan fingerprint density at radius 3 is 2.77 bits per heavy atom. The number of anilines is 1. The molecule has 2 heterocycles. The van der Waals surface area contributed by atoms with Crippen molar-refractivity contribution in [3.63, 3.8) is 0 Å². The van der Waals surface area contributed by atoms with E-state index in [1.165, 1.54) is 6.20 Å². The lowest BCUT2D eigenvalue weighted by Gasteiger charge is -2.20. The molecular formula is C16H16N4O2. The largest absolute Gasteiger partial charge is 0.394 e. The van der Waals surface area contributed by atoms with E-state index in [2.05, 4.69) is 15.3 Å². The first-order chi connectivity index (χ1) is 10.7. The molecule has 0 spiro atoms. The van der Waals surface area contributed by atoms with Gasteiger partial charge in [0.25, 0.3) is 5.91 Å². The summed E-state index contributed by atoms with van der Waals surface area (Å²) in [6, 6.07) is 11.0. The average Bonchev–Trinajstić information content (AvgIpc) is 3.02. The molecule has 5 N–H and O–H groups in total. The first-order valence-electron chi connectivity index (χ1n) is 6.89. The third-order valence-electron chi connectivity index (χ3n) is 3.56. The lowest BCUT2D eigenvalue weighted by Crippen LogP contribution is -2.20. The molecule has 0 saturated carbocycles. The van der Waals surface area contributed by atoms with Crippen LogP contribution in [0.4, 0.5) is 5.69 Å². The van der Waals surface area contributed by atoms with Crippen LogP contribution in [0.15, 0.2) is 48.8 Å². The number of pyridine rings is 1. The fourth-order valence-electron chi connectivity index (χ4n) is 2.44. The molecule has 1 aromatic carbocycles. The highest BCUT2D eigenvalue weighted by Gasteiger charge is 2.18. The molecular weight excluding hydrogens is 280 g/mol. The minimum absolute atomic E-state index is 0.115. The summed E-state index contributed by atoms with van der Waals surface area (Å²) >= 11 is 0. The Morgan fingerprint density at radius 1 is 1.32 bits per heavy atom. The van der Waals surface area contributed by atoms with Crippen molar-refractivity contribution in [3.8, 4) is 0 Å². The SMILES string of the molecule is NC(=O)c1cnc2[nH]ccc2c1N[C@@H](CO)c1ccccc1. The van der Waals surface area contributed by atoms with Gasteiger partial charge in [0, 0.05) is 17.8 Å². The first kappa shape index (κ1) is 14.1. The Labute approximate surface area is 127 Å². The summed E-state index contributed by atoms with van der Waals surface area (Å²) in [5.41, 5.74) is 7.87. The molecule has 0 aliphatic rings. The van der Waals surface area contributed by atoms with Gasteiger partial charge in [-0.15, -0.1) is 0 Å². The maximum atomic E-state index is 11.7. The van der Waals surface area contributed by atoms with Crippen LogP contribution in [0.5, 0.6) is 0 Å². The number of aliphatic hydroxyl groups is 1. The quantitative estimate of drug-likeness (QED) is 0.576. The monoisotopic (exact) mass is 296 g/mol. The van der Waals surface area contributed by atoms with E-state index in [4.69, 9.17) is 5.73 Å². The van der Waals surface area contributed by atoms with Gasteiger partial charge < -0.3 is 21.1 Å². The van der Waals surface area contributed by atoms with Crippen molar-refractivity contribution in [1.82, 2.24) is 9.97 Å². The van der Waals surface area contributed by atoms with Crippen molar-refractivity contribution < 1.29 is 9.90 Å². The summed E-state index contributed by atoms with van der Waals surface area (Å²) in [6.45, 7) is -0.115. The number of amides is 1. The number of fused-ring (bicyclic) bond motifs is 1. The topological polar surface area (TPSA) is 104 Å². The second kappa shape index (κ2) is 5.87. The molecule has 0 aliphatic heterocycles. The highest BCUT2D eigenvalue weighted by molar-refractivity contribution is 6.06. The number of H-pyrrole nitrogens is 1. The van der Waals surface area contributed by atoms with Gasteiger partial charge in [0.1, 0.15) is 5.65 Å². The normalized spacial score (nSPS) is 12.2. The van der Waals surface area contributed by atoms with Crippen LogP contribution in [0.2, 0.25) is 0 Å². The number of carbonyl (C=O) groups excluding carboxylic acids is 1. The minimum atomic E-state index is -0.567. The predicted molar refractivity (Wildman–Crippen MR) is 84.5 cm³/mol. The molecule has 6 nitrogen and oxygen atoms in total. The van der Waals surface area contributed by atoms with Crippen molar-refractivity contribution in [3.05, 3.63) is 59.9 Å². The lowest BCUT2D eigenvalue weighted by molar-refractivity contribution is 0.100. The lowest BCUT2D eigenvalue weighted by atomic mass is 10.1. The van der Waals surface area contributed by atoms with E-state index in [-0.39, 0.29) is 12.6 Å². The fourth-order valence-corrected chi connectivity index (χ4v) is 2.44. The number of hydrogen-bond donors (Lipinski definition) is 4. The predicted octanol–water partition coefficient (Wildman–Crippen LogP) is 1.81. The number of rotatable bonds is 5. The summed E-state index contributed by atoms with van der Waals surface area (Å²) in [5.74, 6) is -0.567. The summed E-state index contributed by atoms with van der Waals surface area (Å²) in [4.78, 5) is 18.8. The van der Waals surface area contributed by atoms with Crippen LogP contribution in [0.3, 0.4) is 0 Å². The van der Waals surface area contributed by atoms with Crippen molar-refractivity contribution in [2.45, 2.75) is 6.04 Å². The molecule has 0 radical (unpaired) electrons. The summed E-state index contributed by atoms with van der Waals surface area (Å²) in [7, 11) is 0. The van der Waals surface area contributed by atoms with E-state index >= 15 is 0 Å². The van der Waals surface area contributed by atoms with Crippen LogP contribution in [0.25, 0.3) is 11.0 Å². The minimum Gasteiger partial charge on any atom is -0.394 e. The van der Waals surface area contributed by atoms with E-state index in [1.54, 1.807) is 6.20 Å². The number of benzene rings is 1. The number of hydrogen-bond acceptors (Lipinski definition) is 4. The number of aliphatic hydroxyl groups excluding tert-OH is 1. The highest BCUT2D eigenvalue weighted by atomic mass is 16.3. The zero-order valence-corrected chi connectivity index (χ0v) is 11.8. The Hall–Kier alpha value is -2.86. The number of primary amides is 1. The average molecular weight is 296 g/mol. The molecule has 3 rings (SSSR count). The Bertz CT molecular complexity index is 798. The molecule has 0 unspecified atom stereocenters. The van der Waals surface area contributed by atoms with E-state index in [1.807, 2.05) is 36.4 Å². The summed E-state index contributed by atoms with van der Waals surface area (Å²) < 4.78 is 0. The zero-order chi connectivity index (χ0) is 15.5. The number of nitrogens with zero attached hydrogens (tertiary/aromatic N) is 1. The molecule has 6 heteroatoms. The van der Waals surface area contributed by atoms with Gasteiger partial charge >= 0.3 is 0 Å². The second-order valence-electron chi connectivity index (χ2n) is 4.94. The third kappa shape index (κ3) is 2.51. The molecule has 3 aromatic rings. The highest BCUT2D eigenvalue weighted by Crippen LogP contribution is 2.29. The van der Waals surface area contributed by atoms with Gasteiger partial charge in [-0.3, -0.25) is 4.79 Å². The van der Waals surface area contributed by atoms with Gasteiger partial charge in [0.15, 0.2) is 0 Å². The number of nitrogens with one attached hydrogen (secondary N) is 2. The van der Waals surface area contributed by atoms with Gasteiger partial charge in [-0.25, -0.2) is 4.98 Å². The maximum absolute atomic E-state index is 11.7. The molecule has 1 atom stereocenters. The molecule has 0 aliphatic carbocycles. The third-order valence-corrected chi connectivity index (χ3v) is 3.56. The van der Waals surface area contributed by atoms with Gasteiger partial charge in [-0.1, -0.05) is 30.3 Å². The zero-order valence-electron chi connectivity index (χ0n) is 11.8. The number of aromatic amines is 1. The van der Waals surface area contributed by atoms with Gasteiger partial charge in [-0.05, 0) is 11.6 Å². The van der Waals surface area contributed by atoms with Crippen molar-refractivity contribution >= 4 is 22.6 Å². The maximum Gasteiger partial charge on any atom is 0.252 e. The molecule has 112 valence electrons. The van der Waals surface area contributed by atoms with Crippen molar-refractivity contribution in [2.24, 2.45) is 5.73 Å². The van der Waals surface area contributed by atoms with E-state index < -0.39 is 5.91 Å². The van der Waals surface area contributed by atoms with E-state index in [0.29, 0.717) is 16.9 Å². The smallest absolute Gasteiger partial charge is 0.252 e. The van der Waals surface area contributed by atoms with Crippen molar-refractivity contribution in [2.75, 3.05) is 11.9 Å². The van der Waals surface area contributed by atoms with Crippen LogP contribution < -0.4 is 11.1 Å². The fraction of sp³-hybridized carbons (Fsp3) is 0.125. The van der Waals surface area contributed by atoms with Crippen molar-refractivity contribution in [1.29, 1.82) is 0 Å². The van der Waals surface area contributed by atoms with E-state index in [9.17, 15) is 9.90 Å². The van der Waals surface area contributed by atoms with Crippen LogP contribution in [-0.2, 0) is 0 Å². The van der Waals surface area contributed by atoms with Gasteiger partial charge in [0.2, 0.25) is 0 Å². The summed E-state index contributed by atoms with van der Waals surface area (Å²) in [5, 5.41) is 13.7. The molecule has 0 fully saturated rings. The number of nitrogens with two attached hydrogens (primary N) is 1. The molecule has 2 aromatic heterocycles. The summed E-state index contributed by atoms with van der Waals surface area (Å²) in [6.07, 6.45) is 3.17. The second-order valence-corrected chi connectivity index (χ2v) is 4.94.